The van der Waals surface area contributed by atoms with Crippen LogP contribution in [0.15, 0.2) is 0 Å². The van der Waals surface area contributed by atoms with Crippen LogP contribution in [0.1, 0.15) is 13.3 Å². The number of hydrogen-bond acceptors (Lipinski definition) is 5. The summed E-state index contributed by atoms with van der Waals surface area (Å²) in [7, 11) is -4.86. The Morgan fingerprint density at radius 2 is 2.00 bits per heavy atom. The number of hydrogen-bond donors (Lipinski definition) is 2. The fourth-order valence-corrected chi connectivity index (χ4v) is 6.01. The summed E-state index contributed by atoms with van der Waals surface area (Å²) in [6.45, 7) is 2.97. The number of sulfone groups is 1. The molecule has 0 aromatic carbocycles. The van der Waals surface area contributed by atoms with Crippen molar-refractivity contribution in [3.8, 4) is 0 Å². The average molecular weight is 284 g/mol. The summed E-state index contributed by atoms with van der Waals surface area (Å²) in [6, 6.07) is 0. The molecule has 1 rings (SSSR count). The molecule has 2 atom stereocenters. The molecule has 1 heterocycles. The van der Waals surface area contributed by atoms with Gasteiger partial charge in [-0.15, -0.1) is 0 Å². The van der Waals surface area contributed by atoms with E-state index >= 15 is 0 Å². The first-order valence-corrected chi connectivity index (χ1v) is 8.97. The van der Waals surface area contributed by atoms with Crippen LogP contribution in [0.2, 0.25) is 0 Å². The van der Waals surface area contributed by atoms with Crippen LogP contribution in [-0.2, 0) is 19.9 Å². The van der Waals surface area contributed by atoms with E-state index in [1.807, 2.05) is 6.92 Å². The van der Waals surface area contributed by atoms with E-state index < -0.39 is 25.1 Å². The van der Waals surface area contributed by atoms with Crippen molar-refractivity contribution < 1.29 is 16.8 Å². The van der Waals surface area contributed by atoms with Gasteiger partial charge in [-0.3, -0.25) is 0 Å². The van der Waals surface area contributed by atoms with Crippen LogP contribution in [0.4, 0.5) is 0 Å². The van der Waals surface area contributed by atoms with Gasteiger partial charge < -0.3 is 5.32 Å². The minimum absolute atomic E-state index is 0.0232. The first-order valence-electron chi connectivity index (χ1n) is 5.60. The van der Waals surface area contributed by atoms with Gasteiger partial charge in [0.05, 0.1) is 16.8 Å². The zero-order valence-electron chi connectivity index (χ0n) is 10.1. The maximum atomic E-state index is 11.8. The molecule has 1 fully saturated rings. The van der Waals surface area contributed by atoms with Crippen LogP contribution in [0.3, 0.4) is 0 Å². The number of nitrogens with one attached hydrogen (secondary N) is 2. The van der Waals surface area contributed by atoms with E-state index in [0.29, 0.717) is 13.1 Å². The third-order valence-corrected chi connectivity index (χ3v) is 6.64. The summed E-state index contributed by atoms with van der Waals surface area (Å²) in [5.74, 6) is -0.0966. The molecule has 0 spiro atoms. The minimum atomic E-state index is -3.50. The first kappa shape index (κ1) is 14.9. The largest absolute Gasteiger partial charge is 0.319 e. The molecule has 1 aliphatic heterocycles. The van der Waals surface area contributed by atoms with Crippen LogP contribution in [0.25, 0.3) is 0 Å². The van der Waals surface area contributed by atoms with Crippen molar-refractivity contribution in [1.29, 1.82) is 0 Å². The third-order valence-electron chi connectivity index (χ3n) is 2.82. The summed E-state index contributed by atoms with van der Waals surface area (Å²) in [6.07, 6.45) is 0.206. The molecule has 1 aliphatic rings. The quantitative estimate of drug-likeness (QED) is 0.649. The van der Waals surface area contributed by atoms with E-state index in [2.05, 4.69) is 10.0 Å². The monoisotopic (exact) mass is 284 g/mol. The van der Waals surface area contributed by atoms with Gasteiger partial charge in [0.25, 0.3) is 0 Å². The van der Waals surface area contributed by atoms with Gasteiger partial charge in [-0.2, -0.15) is 0 Å². The maximum absolute atomic E-state index is 11.8. The topological polar surface area (TPSA) is 92.3 Å². The fraction of sp³-hybridized carbons (Fsp3) is 1.00. The molecule has 17 heavy (non-hydrogen) atoms. The maximum Gasteiger partial charge on any atom is 0.215 e. The Balaban J connectivity index is 2.53. The average Bonchev–Trinajstić information content (AvgIpc) is 2.57. The fourth-order valence-electron chi connectivity index (χ4n) is 1.80. The lowest BCUT2D eigenvalue weighted by Gasteiger charge is -2.15. The van der Waals surface area contributed by atoms with Crippen LogP contribution in [-0.4, -0.2) is 53.7 Å². The molecular weight excluding hydrogens is 264 g/mol. The predicted octanol–water partition coefficient (Wildman–Crippen LogP) is -1.05. The zero-order valence-corrected chi connectivity index (χ0v) is 11.8. The van der Waals surface area contributed by atoms with Gasteiger partial charge in [0.15, 0.2) is 9.84 Å². The van der Waals surface area contributed by atoms with E-state index in [0.717, 1.165) is 0 Å². The molecule has 2 unspecified atom stereocenters. The second-order valence-corrected chi connectivity index (χ2v) is 8.86. The van der Waals surface area contributed by atoms with Crippen molar-refractivity contribution in [1.82, 2.24) is 10.0 Å². The van der Waals surface area contributed by atoms with E-state index in [-0.39, 0.29) is 23.8 Å². The molecule has 2 N–H and O–H groups in total. The third kappa shape index (κ3) is 4.53. The number of sulfonamides is 1. The summed E-state index contributed by atoms with van der Waals surface area (Å²) in [4.78, 5) is 0. The van der Waals surface area contributed by atoms with E-state index in [1.165, 1.54) is 0 Å². The van der Waals surface area contributed by atoms with Crippen molar-refractivity contribution in [3.63, 3.8) is 0 Å². The van der Waals surface area contributed by atoms with Gasteiger partial charge in [-0.1, -0.05) is 6.92 Å². The van der Waals surface area contributed by atoms with Gasteiger partial charge >= 0.3 is 0 Å². The highest BCUT2D eigenvalue weighted by Gasteiger charge is 2.36. The Kier molecular flexibility index (Phi) is 4.94. The highest BCUT2D eigenvalue weighted by atomic mass is 32.2. The second-order valence-electron chi connectivity index (χ2n) is 4.58. The highest BCUT2D eigenvalue weighted by Crippen LogP contribution is 2.18. The predicted molar refractivity (Wildman–Crippen MR) is 67.1 cm³/mol. The van der Waals surface area contributed by atoms with E-state index in [1.54, 1.807) is 7.05 Å². The Labute approximate surface area is 103 Å². The van der Waals surface area contributed by atoms with Crippen molar-refractivity contribution in [3.05, 3.63) is 0 Å². The minimum Gasteiger partial charge on any atom is -0.319 e. The van der Waals surface area contributed by atoms with E-state index in [9.17, 15) is 16.8 Å². The lowest BCUT2D eigenvalue weighted by atomic mass is 10.2. The Morgan fingerprint density at radius 3 is 2.47 bits per heavy atom. The van der Waals surface area contributed by atoms with Crippen molar-refractivity contribution in [2.45, 2.75) is 18.6 Å². The molecule has 0 aromatic heterocycles. The molecule has 0 aromatic rings. The molecule has 6 nitrogen and oxygen atoms in total. The van der Waals surface area contributed by atoms with Crippen LogP contribution in [0, 0.1) is 5.92 Å². The van der Waals surface area contributed by atoms with Crippen molar-refractivity contribution in [2.75, 3.05) is 31.6 Å². The molecule has 8 heteroatoms. The van der Waals surface area contributed by atoms with Crippen LogP contribution < -0.4 is 10.0 Å². The van der Waals surface area contributed by atoms with Crippen molar-refractivity contribution in [2.24, 2.45) is 5.92 Å². The lowest BCUT2D eigenvalue weighted by Crippen LogP contribution is -2.38. The van der Waals surface area contributed by atoms with Crippen LogP contribution >= 0.6 is 0 Å². The lowest BCUT2D eigenvalue weighted by molar-refractivity contribution is 0.514. The van der Waals surface area contributed by atoms with Crippen LogP contribution in [0.5, 0.6) is 0 Å². The van der Waals surface area contributed by atoms with Gasteiger partial charge in [0.1, 0.15) is 0 Å². The van der Waals surface area contributed by atoms with Gasteiger partial charge in [0.2, 0.25) is 10.0 Å². The molecule has 0 bridgehead atoms. The van der Waals surface area contributed by atoms with Gasteiger partial charge in [-0.05, 0) is 25.9 Å². The first-order chi connectivity index (χ1) is 7.77. The van der Waals surface area contributed by atoms with Gasteiger partial charge in [0, 0.05) is 6.54 Å². The molecule has 0 aliphatic carbocycles. The molecule has 0 saturated carbocycles. The molecule has 0 radical (unpaired) electrons. The molecule has 102 valence electrons. The zero-order chi connectivity index (χ0) is 13.1. The summed E-state index contributed by atoms with van der Waals surface area (Å²) < 4.78 is 48.6. The Bertz CT molecular complexity index is 444. The number of rotatable bonds is 6. The van der Waals surface area contributed by atoms with Gasteiger partial charge in [-0.25, -0.2) is 21.6 Å². The highest BCUT2D eigenvalue weighted by molar-refractivity contribution is 7.95. The molecule has 0 amide bonds. The summed E-state index contributed by atoms with van der Waals surface area (Å²) in [5.41, 5.74) is 0. The van der Waals surface area contributed by atoms with Crippen molar-refractivity contribution >= 4 is 19.9 Å². The molecular formula is C9H20N2O4S2. The Hall–Kier alpha value is -0.180. The Morgan fingerprint density at radius 1 is 1.35 bits per heavy atom. The normalized spacial score (nSPS) is 25.9. The SMILES string of the molecule is CNCC(C)CNS(=O)(=O)C1CCS(=O)(=O)C1. The summed E-state index contributed by atoms with van der Waals surface area (Å²) >= 11 is 0. The summed E-state index contributed by atoms with van der Waals surface area (Å²) in [5, 5.41) is 2.17. The van der Waals surface area contributed by atoms with E-state index in [4.69, 9.17) is 0 Å². The molecule has 1 saturated heterocycles. The standard InChI is InChI=1S/C9H20N2O4S2/c1-8(5-10-2)6-11-17(14,15)9-3-4-16(12,13)7-9/h8-11H,3-7H2,1-2H3. The smallest absolute Gasteiger partial charge is 0.215 e. The second kappa shape index (κ2) is 5.64.